The molecular weight excluding hydrogens is 274 g/mol. The first kappa shape index (κ1) is 15.0. The van der Waals surface area contributed by atoms with Crippen LogP contribution < -0.4 is 0 Å². The lowest BCUT2D eigenvalue weighted by atomic mass is 10.0. The zero-order valence-electron chi connectivity index (χ0n) is 12.2. The molecule has 1 aliphatic rings. The van der Waals surface area contributed by atoms with Gasteiger partial charge in [0.2, 0.25) is 5.91 Å². The SMILES string of the molecule is Cc1ccccc1[C@H]1C[C@@H]1C(=O)N(C)CCS(C)(=O)=O. The van der Waals surface area contributed by atoms with Gasteiger partial charge in [-0.2, -0.15) is 0 Å². The Kier molecular flexibility index (Phi) is 4.18. The zero-order chi connectivity index (χ0) is 14.9. The van der Waals surface area contributed by atoms with E-state index in [1.807, 2.05) is 12.1 Å². The number of carbonyl (C=O) groups excluding carboxylic acids is 1. The molecular formula is C15H21NO3S. The maximum absolute atomic E-state index is 12.2. The summed E-state index contributed by atoms with van der Waals surface area (Å²) in [6.07, 6.45) is 2.06. The number of rotatable bonds is 5. The fraction of sp³-hybridized carbons (Fsp3) is 0.533. The van der Waals surface area contributed by atoms with Crippen LogP contribution in [-0.2, 0) is 14.6 Å². The fourth-order valence-corrected chi connectivity index (χ4v) is 3.12. The average Bonchev–Trinajstić information content (AvgIpc) is 3.15. The summed E-state index contributed by atoms with van der Waals surface area (Å²) in [5.41, 5.74) is 2.45. The third kappa shape index (κ3) is 3.60. The number of sulfone groups is 1. The van der Waals surface area contributed by atoms with Gasteiger partial charge in [0, 0.05) is 25.8 Å². The van der Waals surface area contributed by atoms with E-state index in [0.29, 0.717) is 5.92 Å². The van der Waals surface area contributed by atoms with Crippen molar-refractivity contribution in [1.82, 2.24) is 4.90 Å². The molecule has 110 valence electrons. The summed E-state index contributed by atoms with van der Waals surface area (Å²) in [5.74, 6) is 0.392. The third-order valence-corrected chi connectivity index (χ3v) is 4.79. The molecule has 2 atom stereocenters. The van der Waals surface area contributed by atoms with Gasteiger partial charge in [0.05, 0.1) is 5.75 Å². The molecule has 0 aromatic heterocycles. The molecule has 0 aliphatic heterocycles. The molecule has 20 heavy (non-hydrogen) atoms. The van der Waals surface area contributed by atoms with Crippen LogP contribution in [0.3, 0.4) is 0 Å². The number of hydrogen-bond donors (Lipinski definition) is 0. The second kappa shape index (κ2) is 5.56. The van der Waals surface area contributed by atoms with Gasteiger partial charge in [-0.05, 0) is 30.4 Å². The number of carbonyl (C=O) groups is 1. The highest BCUT2D eigenvalue weighted by molar-refractivity contribution is 7.90. The molecule has 1 fully saturated rings. The molecule has 5 heteroatoms. The summed E-state index contributed by atoms with van der Waals surface area (Å²) < 4.78 is 22.3. The Hall–Kier alpha value is -1.36. The topological polar surface area (TPSA) is 54.5 Å². The van der Waals surface area contributed by atoms with Crippen LogP contribution in [0.5, 0.6) is 0 Å². The van der Waals surface area contributed by atoms with Gasteiger partial charge in [0.1, 0.15) is 9.84 Å². The fourth-order valence-electron chi connectivity index (χ4n) is 2.51. The summed E-state index contributed by atoms with van der Waals surface area (Å²) in [6, 6.07) is 8.12. The molecule has 4 nitrogen and oxygen atoms in total. The van der Waals surface area contributed by atoms with Crippen LogP contribution in [0, 0.1) is 12.8 Å². The number of benzene rings is 1. The second-order valence-corrected chi connectivity index (χ2v) is 7.95. The van der Waals surface area contributed by atoms with Crippen molar-refractivity contribution in [2.45, 2.75) is 19.3 Å². The Morgan fingerprint density at radius 1 is 1.35 bits per heavy atom. The number of aryl methyl sites for hydroxylation is 1. The van der Waals surface area contributed by atoms with Gasteiger partial charge in [0.15, 0.2) is 0 Å². The van der Waals surface area contributed by atoms with E-state index >= 15 is 0 Å². The van der Waals surface area contributed by atoms with E-state index in [1.165, 1.54) is 17.4 Å². The monoisotopic (exact) mass is 295 g/mol. The highest BCUT2D eigenvalue weighted by Crippen LogP contribution is 2.49. The van der Waals surface area contributed by atoms with Crippen LogP contribution >= 0.6 is 0 Å². The molecule has 1 aliphatic carbocycles. The van der Waals surface area contributed by atoms with Crippen molar-refractivity contribution in [3.63, 3.8) is 0 Å². The number of hydrogen-bond acceptors (Lipinski definition) is 3. The van der Waals surface area contributed by atoms with Crippen molar-refractivity contribution < 1.29 is 13.2 Å². The minimum Gasteiger partial charge on any atom is -0.344 e. The van der Waals surface area contributed by atoms with E-state index in [1.54, 1.807) is 11.9 Å². The van der Waals surface area contributed by atoms with Gasteiger partial charge in [-0.3, -0.25) is 4.79 Å². The summed E-state index contributed by atoms with van der Waals surface area (Å²) in [4.78, 5) is 13.8. The van der Waals surface area contributed by atoms with Crippen LogP contribution in [0.2, 0.25) is 0 Å². The van der Waals surface area contributed by atoms with Crippen molar-refractivity contribution in [2.24, 2.45) is 5.92 Å². The Morgan fingerprint density at radius 2 is 2.00 bits per heavy atom. The molecule has 0 N–H and O–H groups in total. The lowest BCUT2D eigenvalue weighted by Crippen LogP contribution is -2.32. The first-order valence-corrected chi connectivity index (χ1v) is 8.84. The largest absolute Gasteiger partial charge is 0.344 e. The highest BCUT2D eigenvalue weighted by Gasteiger charge is 2.45. The van der Waals surface area contributed by atoms with Crippen molar-refractivity contribution >= 4 is 15.7 Å². The molecule has 1 amide bonds. The first-order valence-electron chi connectivity index (χ1n) is 6.78. The summed E-state index contributed by atoms with van der Waals surface area (Å²) in [5, 5.41) is 0. The maximum atomic E-state index is 12.2. The van der Waals surface area contributed by atoms with E-state index < -0.39 is 9.84 Å². The van der Waals surface area contributed by atoms with Crippen molar-refractivity contribution in [3.8, 4) is 0 Å². The molecule has 2 rings (SSSR count). The van der Waals surface area contributed by atoms with Gasteiger partial charge >= 0.3 is 0 Å². The zero-order valence-corrected chi connectivity index (χ0v) is 13.0. The molecule has 0 saturated heterocycles. The predicted molar refractivity (Wildman–Crippen MR) is 79.4 cm³/mol. The highest BCUT2D eigenvalue weighted by atomic mass is 32.2. The smallest absolute Gasteiger partial charge is 0.226 e. The molecule has 0 bridgehead atoms. The van der Waals surface area contributed by atoms with Crippen LogP contribution in [-0.4, -0.2) is 44.8 Å². The van der Waals surface area contributed by atoms with Crippen LogP contribution in [0.25, 0.3) is 0 Å². The normalized spacial score (nSPS) is 21.6. The molecule has 1 saturated carbocycles. The van der Waals surface area contributed by atoms with Gasteiger partial charge in [-0.1, -0.05) is 24.3 Å². The second-order valence-electron chi connectivity index (χ2n) is 5.69. The van der Waals surface area contributed by atoms with Crippen molar-refractivity contribution in [1.29, 1.82) is 0 Å². The standard InChI is InChI=1S/C15H21NO3S/c1-11-6-4-5-7-12(11)13-10-14(13)15(17)16(2)8-9-20(3,18)19/h4-7,13-14H,8-10H2,1-3H3/t13-,14+/m1/s1. The summed E-state index contributed by atoms with van der Waals surface area (Å²) >= 11 is 0. The Balaban J connectivity index is 1.95. The van der Waals surface area contributed by atoms with Crippen molar-refractivity contribution in [3.05, 3.63) is 35.4 Å². The lowest BCUT2D eigenvalue weighted by molar-refractivity contribution is -0.131. The summed E-state index contributed by atoms with van der Waals surface area (Å²) in [6.45, 7) is 2.33. The Bertz CT molecular complexity index is 609. The van der Waals surface area contributed by atoms with Crippen LogP contribution in [0.4, 0.5) is 0 Å². The van der Waals surface area contributed by atoms with E-state index in [2.05, 4.69) is 19.1 Å². The Morgan fingerprint density at radius 3 is 2.60 bits per heavy atom. The molecule has 1 aromatic carbocycles. The first-order chi connectivity index (χ1) is 9.29. The minimum absolute atomic E-state index is 0.0145. The molecule has 0 heterocycles. The van der Waals surface area contributed by atoms with Crippen LogP contribution in [0.1, 0.15) is 23.5 Å². The van der Waals surface area contributed by atoms with Crippen LogP contribution in [0.15, 0.2) is 24.3 Å². The molecule has 1 aromatic rings. The minimum atomic E-state index is -3.02. The lowest BCUT2D eigenvalue weighted by Gasteiger charge is -2.16. The Labute approximate surface area is 120 Å². The van der Waals surface area contributed by atoms with Gasteiger partial charge < -0.3 is 4.90 Å². The molecule has 0 unspecified atom stereocenters. The number of nitrogens with zero attached hydrogens (tertiary/aromatic N) is 1. The van der Waals surface area contributed by atoms with Crippen molar-refractivity contribution in [2.75, 3.05) is 25.6 Å². The number of amides is 1. The average molecular weight is 295 g/mol. The van der Waals surface area contributed by atoms with E-state index in [4.69, 9.17) is 0 Å². The van der Waals surface area contributed by atoms with Gasteiger partial charge in [0.25, 0.3) is 0 Å². The molecule has 0 radical (unpaired) electrons. The predicted octanol–water partition coefficient (Wildman–Crippen LogP) is 1.60. The maximum Gasteiger partial charge on any atom is 0.226 e. The van der Waals surface area contributed by atoms with Gasteiger partial charge in [-0.25, -0.2) is 8.42 Å². The quantitative estimate of drug-likeness (QED) is 0.829. The van der Waals surface area contributed by atoms with E-state index in [-0.39, 0.29) is 24.1 Å². The molecule has 0 spiro atoms. The third-order valence-electron chi connectivity index (χ3n) is 3.87. The van der Waals surface area contributed by atoms with E-state index in [9.17, 15) is 13.2 Å². The van der Waals surface area contributed by atoms with E-state index in [0.717, 1.165) is 6.42 Å². The van der Waals surface area contributed by atoms with Gasteiger partial charge in [-0.15, -0.1) is 0 Å². The summed E-state index contributed by atoms with van der Waals surface area (Å²) in [7, 11) is -1.34.